The third-order valence-corrected chi connectivity index (χ3v) is 7.28. The lowest BCUT2D eigenvalue weighted by Gasteiger charge is -2.35. The number of anilines is 1. The van der Waals surface area contributed by atoms with Gasteiger partial charge in [-0.05, 0) is 48.7 Å². The van der Waals surface area contributed by atoms with Crippen LogP contribution < -0.4 is 9.64 Å². The lowest BCUT2D eigenvalue weighted by atomic mass is 10.1. The summed E-state index contributed by atoms with van der Waals surface area (Å²) in [7, 11) is 1.58. The molecule has 2 aromatic rings. The number of nitrogens with zero attached hydrogens (tertiary/aromatic N) is 4. The molecule has 0 saturated carbocycles. The molecule has 3 saturated heterocycles. The molecule has 3 heterocycles. The number of methoxy groups -OCH3 is 1. The Labute approximate surface area is 195 Å². The first-order chi connectivity index (χ1) is 15.8. The summed E-state index contributed by atoms with van der Waals surface area (Å²) in [6.07, 6.45) is 0.788. The van der Waals surface area contributed by atoms with E-state index in [1.165, 1.54) is 6.07 Å². The van der Waals surface area contributed by atoms with Gasteiger partial charge in [-0.1, -0.05) is 23.7 Å². The highest BCUT2D eigenvalue weighted by atomic mass is 35.5. The Morgan fingerprint density at radius 3 is 2.79 bits per heavy atom. The van der Waals surface area contributed by atoms with Gasteiger partial charge in [0.2, 0.25) is 5.91 Å². The first-order valence-corrected chi connectivity index (χ1v) is 11.0. The van der Waals surface area contributed by atoms with Crippen LogP contribution in [0.15, 0.2) is 36.4 Å². The number of ether oxygens (including phenoxy) is 1. The number of halogens is 1. The molecule has 168 valence electrons. The molecule has 0 aliphatic carbocycles. The third kappa shape index (κ3) is 3.15. The van der Waals surface area contributed by atoms with Crippen LogP contribution in [0.1, 0.15) is 23.1 Å². The molecule has 3 fully saturated rings. The summed E-state index contributed by atoms with van der Waals surface area (Å²) in [6, 6.07) is 10.8. The van der Waals surface area contributed by atoms with Crippen LogP contribution in [0.2, 0.25) is 5.02 Å². The molecule has 0 unspecified atom stereocenters. The lowest BCUT2D eigenvalue weighted by Crippen LogP contribution is -2.55. The van der Waals surface area contributed by atoms with Gasteiger partial charge in [0.05, 0.1) is 41.9 Å². The summed E-state index contributed by atoms with van der Waals surface area (Å²) in [4.78, 5) is 44.3. The van der Waals surface area contributed by atoms with E-state index in [4.69, 9.17) is 16.3 Å². The predicted octanol–water partition coefficient (Wildman–Crippen LogP) is 2.89. The number of nitriles is 1. The van der Waals surface area contributed by atoms with Gasteiger partial charge >= 0.3 is 6.03 Å². The Morgan fingerprint density at radius 2 is 2.06 bits per heavy atom. The molecule has 2 bridgehead atoms. The number of hydrogen-bond acceptors (Lipinski definition) is 5. The van der Waals surface area contributed by atoms with Crippen molar-refractivity contribution in [1.29, 1.82) is 5.26 Å². The normalized spacial score (nSPS) is 23.2. The monoisotopic (exact) mass is 464 g/mol. The second kappa shape index (κ2) is 7.78. The molecule has 0 radical (unpaired) electrons. The summed E-state index contributed by atoms with van der Waals surface area (Å²) in [5.41, 5.74) is 1.98. The number of carbonyl (C=O) groups is 3. The first-order valence-electron chi connectivity index (χ1n) is 10.6. The van der Waals surface area contributed by atoms with E-state index in [1.54, 1.807) is 29.9 Å². The molecule has 0 N–H and O–H groups in total. The van der Waals surface area contributed by atoms with Gasteiger partial charge in [-0.15, -0.1) is 0 Å². The fraction of sp³-hybridized carbons (Fsp3) is 0.333. The molecule has 3 aliphatic rings. The van der Waals surface area contributed by atoms with Crippen LogP contribution in [-0.2, 0) is 16.0 Å². The number of hydrogen-bond donors (Lipinski definition) is 0. The van der Waals surface area contributed by atoms with Crippen molar-refractivity contribution in [1.82, 2.24) is 9.80 Å². The van der Waals surface area contributed by atoms with Crippen molar-refractivity contribution < 1.29 is 19.1 Å². The molecule has 5 rings (SSSR count). The summed E-state index contributed by atoms with van der Waals surface area (Å²) in [5.74, 6) is 0.236. The number of rotatable bonds is 4. The smallest absolute Gasteiger partial charge is 0.332 e. The van der Waals surface area contributed by atoms with Crippen LogP contribution in [-0.4, -0.2) is 59.4 Å². The van der Waals surface area contributed by atoms with Crippen LogP contribution in [0.4, 0.5) is 10.5 Å². The van der Waals surface area contributed by atoms with E-state index in [0.29, 0.717) is 30.0 Å². The Bertz CT molecular complexity index is 1240. The molecule has 4 amide bonds. The van der Waals surface area contributed by atoms with Crippen LogP contribution in [0, 0.1) is 18.3 Å². The molecule has 0 aromatic heterocycles. The van der Waals surface area contributed by atoms with Crippen molar-refractivity contribution in [2.45, 2.75) is 37.9 Å². The number of imide groups is 1. The SMILES string of the molecule is COc1cccc(CC(=O)N2C[C@@H]3C[C@H]2[C@H]2C(=O)N(c4ccc(C#N)c(Cl)c4C)C(=O)N32)c1. The van der Waals surface area contributed by atoms with Gasteiger partial charge in [0, 0.05) is 6.54 Å². The predicted molar refractivity (Wildman–Crippen MR) is 120 cm³/mol. The van der Waals surface area contributed by atoms with E-state index in [9.17, 15) is 19.6 Å². The maximum absolute atomic E-state index is 13.4. The van der Waals surface area contributed by atoms with Gasteiger partial charge in [-0.2, -0.15) is 5.26 Å². The van der Waals surface area contributed by atoms with Crippen LogP contribution >= 0.6 is 11.6 Å². The van der Waals surface area contributed by atoms with Gasteiger partial charge in [0.15, 0.2) is 0 Å². The highest BCUT2D eigenvalue weighted by Gasteiger charge is 2.62. The second-order valence-electron chi connectivity index (χ2n) is 8.52. The number of carbonyl (C=O) groups excluding carboxylic acids is 3. The van der Waals surface area contributed by atoms with Crippen molar-refractivity contribution in [2.24, 2.45) is 0 Å². The van der Waals surface area contributed by atoms with E-state index >= 15 is 0 Å². The summed E-state index contributed by atoms with van der Waals surface area (Å²) in [6.45, 7) is 2.09. The van der Waals surface area contributed by atoms with E-state index in [1.807, 2.05) is 30.3 Å². The maximum atomic E-state index is 13.4. The Morgan fingerprint density at radius 1 is 1.27 bits per heavy atom. The average Bonchev–Trinajstić information content (AvgIpc) is 3.48. The largest absolute Gasteiger partial charge is 0.497 e. The van der Waals surface area contributed by atoms with Crippen LogP contribution in [0.25, 0.3) is 0 Å². The van der Waals surface area contributed by atoms with Gasteiger partial charge in [0.1, 0.15) is 17.9 Å². The Balaban J connectivity index is 1.40. The van der Waals surface area contributed by atoms with E-state index < -0.39 is 12.1 Å². The molecular weight excluding hydrogens is 444 g/mol. The quantitative estimate of drug-likeness (QED) is 0.648. The fourth-order valence-electron chi connectivity index (χ4n) is 5.23. The highest BCUT2D eigenvalue weighted by Crippen LogP contribution is 2.43. The number of benzene rings is 2. The number of fused-ring (bicyclic) bond motifs is 5. The lowest BCUT2D eigenvalue weighted by molar-refractivity contribution is -0.135. The number of amides is 4. The zero-order chi connectivity index (χ0) is 23.4. The minimum atomic E-state index is -0.709. The topological polar surface area (TPSA) is 94.0 Å². The molecule has 0 spiro atoms. The second-order valence-corrected chi connectivity index (χ2v) is 8.90. The summed E-state index contributed by atoms with van der Waals surface area (Å²) < 4.78 is 5.23. The van der Waals surface area contributed by atoms with Gasteiger partial charge in [0.25, 0.3) is 5.91 Å². The fourth-order valence-corrected chi connectivity index (χ4v) is 5.43. The van der Waals surface area contributed by atoms with E-state index in [-0.39, 0.29) is 40.9 Å². The van der Waals surface area contributed by atoms with Crippen LogP contribution in [0.5, 0.6) is 5.75 Å². The van der Waals surface area contributed by atoms with Crippen molar-refractivity contribution in [2.75, 3.05) is 18.6 Å². The summed E-state index contributed by atoms with van der Waals surface area (Å²) >= 11 is 6.28. The van der Waals surface area contributed by atoms with E-state index in [0.717, 1.165) is 10.5 Å². The minimum absolute atomic E-state index is 0.0771. The zero-order valence-electron chi connectivity index (χ0n) is 18.1. The third-order valence-electron chi connectivity index (χ3n) is 6.79. The van der Waals surface area contributed by atoms with Crippen molar-refractivity contribution in [3.05, 3.63) is 58.1 Å². The Kier molecular flexibility index (Phi) is 5.02. The van der Waals surface area contributed by atoms with Gasteiger partial charge in [-0.3, -0.25) is 9.59 Å². The number of likely N-dealkylation sites (tertiary alicyclic amines) is 1. The molecule has 3 atom stereocenters. The molecule has 3 aliphatic heterocycles. The highest BCUT2D eigenvalue weighted by molar-refractivity contribution is 6.33. The summed E-state index contributed by atoms with van der Waals surface area (Å²) in [5, 5.41) is 9.42. The van der Waals surface area contributed by atoms with Crippen molar-refractivity contribution in [3.8, 4) is 11.8 Å². The first kappa shape index (κ1) is 21.3. The Hall–Kier alpha value is -3.57. The minimum Gasteiger partial charge on any atom is -0.497 e. The molecule has 2 aromatic carbocycles. The van der Waals surface area contributed by atoms with Gasteiger partial charge < -0.3 is 14.5 Å². The number of urea groups is 1. The molecule has 8 nitrogen and oxygen atoms in total. The zero-order valence-corrected chi connectivity index (χ0v) is 18.9. The standard InChI is InChI=1S/C24H21ClN4O4/c1-13-18(7-6-15(11-26)21(13)25)29-23(31)22-19-10-16(28(22)24(29)32)12-27(19)20(30)9-14-4-3-5-17(8-14)33-2/h3-8,16,19,22H,9-10,12H2,1-2H3/t16-,19-,22-/m0/s1. The van der Waals surface area contributed by atoms with Gasteiger partial charge in [-0.25, -0.2) is 9.69 Å². The molecular formula is C24H21ClN4O4. The van der Waals surface area contributed by atoms with Crippen molar-refractivity contribution in [3.63, 3.8) is 0 Å². The molecule has 33 heavy (non-hydrogen) atoms. The van der Waals surface area contributed by atoms with Crippen molar-refractivity contribution >= 4 is 35.1 Å². The number of piperazine rings is 1. The van der Waals surface area contributed by atoms with E-state index in [2.05, 4.69) is 0 Å². The molecule has 9 heteroatoms. The average molecular weight is 465 g/mol. The van der Waals surface area contributed by atoms with Crippen LogP contribution in [0.3, 0.4) is 0 Å². The maximum Gasteiger partial charge on any atom is 0.332 e.